The largest absolute Gasteiger partial charge is 0.456 e. The number of hydrogen-bond acceptors (Lipinski definition) is 5. The minimum atomic E-state index is -0.677. The fraction of sp³-hybridized carbons (Fsp3) is 0.263. The molecule has 0 atom stereocenters. The van der Waals surface area contributed by atoms with Crippen molar-refractivity contribution in [3.8, 4) is 5.75 Å². The van der Waals surface area contributed by atoms with Crippen molar-refractivity contribution in [2.45, 2.75) is 20.8 Å². The predicted molar refractivity (Wildman–Crippen MR) is 91.5 cm³/mol. The molecule has 1 aromatic rings. The first-order chi connectivity index (χ1) is 11.4. The normalized spacial score (nSPS) is 19.8. The molecule has 0 aliphatic carbocycles. The Labute approximate surface area is 140 Å². The topological polar surface area (TPSA) is 55.8 Å². The van der Waals surface area contributed by atoms with E-state index in [2.05, 4.69) is 11.8 Å². The molecule has 0 unspecified atom stereocenters. The molecule has 0 bridgehead atoms. The minimum absolute atomic E-state index is 0.0696. The van der Waals surface area contributed by atoms with Gasteiger partial charge in [-0.25, -0.2) is 4.79 Å². The zero-order chi connectivity index (χ0) is 17.4. The average molecular weight is 325 g/mol. The Kier molecular flexibility index (Phi) is 4.01. The van der Waals surface area contributed by atoms with Crippen LogP contribution in [0, 0.1) is 0 Å². The Morgan fingerprint density at radius 1 is 1.08 bits per heavy atom. The molecule has 2 heterocycles. The molecule has 124 valence electrons. The maximum atomic E-state index is 12.2. The van der Waals surface area contributed by atoms with Crippen LogP contribution in [0.3, 0.4) is 0 Å². The molecule has 1 aromatic carbocycles. The Morgan fingerprint density at radius 3 is 2.50 bits per heavy atom. The van der Waals surface area contributed by atoms with Crippen molar-refractivity contribution in [3.63, 3.8) is 0 Å². The lowest BCUT2D eigenvalue weighted by atomic mass is 9.99. The highest BCUT2D eigenvalue weighted by Crippen LogP contribution is 2.37. The quantitative estimate of drug-likeness (QED) is 0.475. The van der Waals surface area contributed by atoms with E-state index in [1.54, 1.807) is 13.0 Å². The number of rotatable bonds is 2. The number of carbonyl (C=O) groups excluding carboxylic acids is 2. The van der Waals surface area contributed by atoms with Gasteiger partial charge in [0.05, 0.1) is 0 Å². The Balaban J connectivity index is 2.08. The Bertz CT molecular complexity index is 830. The van der Waals surface area contributed by atoms with Crippen molar-refractivity contribution in [2.75, 3.05) is 18.5 Å². The lowest BCUT2D eigenvalue weighted by Crippen LogP contribution is -2.23. The van der Waals surface area contributed by atoms with E-state index < -0.39 is 11.8 Å². The van der Waals surface area contributed by atoms with Gasteiger partial charge < -0.3 is 14.4 Å². The third-order valence-electron chi connectivity index (χ3n) is 4.16. The number of ether oxygens (including phenoxy) is 2. The maximum absolute atomic E-state index is 12.2. The number of benzene rings is 1. The fourth-order valence-corrected chi connectivity index (χ4v) is 2.69. The number of allylic oxidation sites excluding steroid dienone is 4. The number of anilines is 1. The molecular weight excluding hydrogens is 306 g/mol. The number of hydrogen-bond donors (Lipinski definition) is 0. The molecule has 5 nitrogen and oxygen atoms in total. The third kappa shape index (κ3) is 2.73. The first-order valence-corrected chi connectivity index (χ1v) is 7.81. The smallest absolute Gasteiger partial charge is 0.351 e. The van der Waals surface area contributed by atoms with E-state index >= 15 is 0 Å². The SMILES string of the molecule is CCN(C)c1ccc2c(c1)O/C(=C1/C(=O)C=C(C)OC1=O)C=C2C. The molecule has 0 spiro atoms. The summed E-state index contributed by atoms with van der Waals surface area (Å²) in [4.78, 5) is 26.4. The van der Waals surface area contributed by atoms with E-state index in [0.29, 0.717) is 5.75 Å². The first-order valence-electron chi connectivity index (χ1n) is 7.81. The van der Waals surface area contributed by atoms with Gasteiger partial charge in [-0.15, -0.1) is 0 Å². The van der Waals surface area contributed by atoms with Crippen LogP contribution in [0.4, 0.5) is 5.69 Å². The highest BCUT2D eigenvalue weighted by Gasteiger charge is 2.30. The minimum Gasteiger partial charge on any atom is -0.456 e. The molecule has 0 fully saturated rings. The fourth-order valence-electron chi connectivity index (χ4n) is 2.69. The molecule has 24 heavy (non-hydrogen) atoms. The van der Waals surface area contributed by atoms with E-state index in [1.807, 2.05) is 32.2 Å². The summed E-state index contributed by atoms with van der Waals surface area (Å²) in [6, 6.07) is 5.91. The van der Waals surface area contributed by atoms with Gasteiger partial charge in [-0.2, -0.15) is 0 Å². The number of cyclic esters (lactones) is 1. The van der Waals surface area contributed by atoms with Crippen molar-refractivity contribution in [1.82, 2.24) is 0 Å². The van der Waals surface area contributed by atoms with Gasteiger partial charge in [0.25, 0.3) is 0 Å². The second kappa shape index (κ2) is 6.00. The summed E-state index contributed by atoms with van der Waals surface area (Å²) in [5.41, 5.74) is 2.80. The van der Waals surface area contributed by atoms with Crippen molar-refractivity contribution < 1.29 is 19.1 Å². The van der Waals surface area contributed by atoms with Gasteiger partial charge >= 0.3 is 5.97 Å². The van der Waals surface area contributed by atoms with Crippen LogP contribution in [0.5, 0.6) is 5.75 Å². The lowest BCUT2D eigenvalue weighted by Gasteiger charge is -2.24. The van der Waals surface area contributed by atoms with Crippen LogP contribution < -0.4 is 9.64 Å². The van der Waals surface area contributed by atoms with Gasteiger partial charge in [-0.1, -0.05) is 0 Å². The van der Waals surface area contributed by atoms with Crippen LogP contribution in [0.15, 0.2) is 47.4 Å². The second-order valence-corrected chi connectivity index (χ2v) is 5.87. The molecule has 0 N–H and O–H groups in total. The Hall–Kier alpha value is -2.82. The van der Waals surface area contributed by atoms with Crippen LogP contribution in [-0.4, -0.2) is 25.3 Å². The van der Waals surface area contributed by atoms with E-state index in [0.717, 1.165) is 23.4 Å². The van der Waals surface area contributed by atoms with E-state index in [1.165, 1.54) is 6.08 Å². The van der Waals surface area contributed by atoms with Gasteiger partial charge in [0, 0.05) is 37.0 Å². The number of fused-ring (bicyclic) bond motifs is 1. The van der Waals surface area contributed by atoms with Crippen LogP contribution in [0.2, 0.25) is 0 Å². The number of carbonyl (C=O) groups is 2. The van der Waals surface area contributed by atoms with Crippen molar-refractivity contribution in [3.05, 3.63) is 53.0 Å². The summed E-state index contributed by atoms with van der Waals surface area (Å²) in [5.74, 6) is 0.0766. The molecule has 0 amide bonds. The van der Waals surface area contributed by atoms with Crippen LogP contribution in [-0.2, 0) is 14.3 Å². The Morgan fingerprint density at radius 2 is 1.83 bits per heavy atom. The zero-order valence-electron chi connectivity index (χ0n) is 14.2. The molecule has 3 rings (SSSR count). The van der Waals surface area contributed by atoms with Crippen molar-refractivity contribution >= 4 is 23.0 Å². The monoisotopic (exact) mass is 325 g/mol. The van der Waals surface area contributed by atoms with Crippen LogP contribution in [0.25, 0.3) is 5.57 Å². The lowest BCUT2D eigenvalue weighted by molar-refractivity contribution is -0.137. The highest BCUT2D eigenvalue weighted by atomic mass is 16.5. The standard InChI is InChI=1S/C19H19NO4/c1-5-20(4)13-6-7-14-11(2)8-17(24-16(14)10-13)18-15(21)9-12(3)23-19(18)22/h6-10H,5H2,1-4H3/b18-17-. The van der Waals surface area contributed by atoms with Gasteiger partial charge in [0.15, 0.2) is 5.78 Å². The summed E-state index contributed by atoms with van der Waals surface area (Å²) in [6.07, 6.45) is 3.00. The van der Waals surface area contributed by atoms with Gasteiger partial charge in [0.2, 0.25) is 0 Å². The molecule has 0 radical (unpaired) electrons. The van der Waals surface area contributed by atoms with Crippen LogP contribution >= 0.6 is 0 Å². The molecule has 5 heteroatoms. The van der Waals surface area contributed by atoms with Crippen LogP contribution in [0.1, 0.15) is 26.3 Å². The molecule has 0 aromatic heterocycles. The number of nitrogens with zero attached hydrogens (tertiary/aromatic N) is 1. The number of ketones is 1. The molecule has 0 saturated heterocycles. The zero-order valence-corrected chi connectivity index (χ0v) is 14.2. The molecular formula is C19H19NO4. The summed E-state index contributed by atoms with van der Waals surface area (Å²) in [7, 11) is 1.99. The van der Waals surface area contributed by atoms with Gasteiger partial charge in [0.1, 0.15) is 22.8 Å². The summed E-state index contributed by atoms with van der Waals surface area (Å²) < 4.78 is 10.9. The number of esters is 1. The van der Waals surface area contributed by atoms with E-state index in [9.17, 15) is 9.59 Å². The molecule has 2 aliphatic rings. The maximum Gasteiger partial charge on any atom is 0.351 e. The van der Waals surface area contributed by atoms with E-state index in [4.69, 9.17) is 9.47 Å². The van der Waals surface area contributed by atoms with Gasteiger partial charge in [-0.3, -0.25) is 4.79 Å². The van der Waals surface area contributed by atoms with Crippen molar-refractivity contribution in [1.29, 1.82) is 0 Å². The molecule has 2 aliphatic heterocycles. The highest BCUT2D eigenvalue weighted by molar-refractivity contribution is 6.24. The summed E-state index contributed by atoms with van der Waals surface area (Å²) in [5, 5.41) is 0. The molecule has 0 saturated carbocycles. The summed E-state index contributed by atoms with van der Waals surface area (Å²) in [6.45, 7) is 6.41. The third-order valence-corrected chi connectivity index (χ3v) is 4.16. The first kappa shape index (κ1) is 16.1. The second-order valence-electron chi connectivity index (χ2n) is 5.87. The predicted octanol–water partition coefficient (Wildman–Crippen LogP) is 3.22. The van der Waals surface area contributed by atoms with Crippen molar-refractivity contribution in [2.24, 2.45) is 0 Å². The van der Waals surface area contributed by atoms with Gasteiger partial charge in [-0.05, 0) is 44.6 Å². The average Bonchev–Trinajstić information content (AvgIpc) is 2.52. The van der Waals surface area contributed by atoms with E-state index in [-0.39, 0.29) is 17.1 Å². The summed E-state index contributed by atoms with van der Waals surface area (Å²) >= 11 is 0.